The Balaban J connectivity index is 2.44. The molecule has 3 atom stereocenters. The Morgan fingerprint density at radius 3 is 2.59 bits per heavy atom. The van der Waals surface area contributed by atoms with Gasteiger partial charge in [-0.1, -0.05) is 13.3 Å². The largest absolute Gasteiger partial charge is 0.347 e. The van der Waals surface area contributed by atoms with Gasteiger partial charge in [0.05, 0.1) is 6.54 Å². The van der Waals surface area contributed by atoms with E-state index in [1.807, 2.05) is 6.92 Å². The average molecular weight is 241 g/mol. The lowest BCUT2D eigenvalue weighted by Crippen LogP contribution is -2.46. The standard InChI is InChI=1S/C12H23N3O2/c1-8-9(5-4-6-10(8)13)12(17)14-7-11(16)15(2)3/h8-10H,4-7,13H2,1-3H3,(H,14,17). The van der Waals surface area contributed by atoms with Crippen LogP contribution in [0.1, 0.15) is 26.2 Å². The third kappa shape index (κ3) is 3.70. The summed E-state index contributed by atoms with van der Waals surface area (Å²) < 4.78 is 0. The molecule has 5 nitrogen and oxygen atoms in total. The molecule has 0 spiro atoms. The van der Waals surface area contributed by atoms with Crippen molar-refractivity contribution in [2.75, 3.05) is 20.6 Å². The number of hydrogen-bond donors (Lipinski definition) is 2. The highest BCUT2D eigenvalue weighted by atomic mass is 16.2. The molecule has 98 valence electrons. The van der Waals surface area contributed by atoms with Gasteiger partial charge in [0, 0.05) is 26.1 Å². The lowest BCUT2D eigenvalue weighted by molar-refractivity contribution is -0.133. The highest BCUT2D eigenvalue weighted by Crippen LogP contribution is 2.28. The summed E-state index contributed by atoms with van der Waals surface area (Å²) in [5.74, 6) is 0.0147. The van der Waals surface area contributed by atoms with Crippen molar-refractivity contribution in [2.45, 2.75) is 32.2 Å². The predicted molar refractivity (Wildman–Crippen MR) is 66.2 cm³/mol. The first-order valence-corrected chi connectivity index (χ1v) is 6.17. The summed E-state index contributed by atoms with van der Waals surface area (Å²) >= 11 is 0. The Morgan fingerprint density at radius 1 is 1.35 bits per heavy atom. The van der Waals surface area contributed by atoms with Crippen LogP contribution in [0.5, 0.6) is 0 Å². The third-order valence-corrected chi connectivity index (χ3v) is 3.61. The molecule has 1 aliphatic rings. The topological polar surface area (TPSA) is 75.4 Å². The van der Waals surface area contributed by atoms with Crippen molar-refractivity contribution >= 4 is 11.8 Å². The van der Waals surface area contributed by atoms with E-state index in [0.717, 1.165) is 19.3 Å². The zero-order valence-electron chi connectivity index (χ0n) is 10.9. The molecular weight excluding hydrogens is 218 g/mol. The summed E-state index contributed by atoms with van der Waals surface area (Å²) in [6, 6.07) is 0.101. The summed E-state index contributed by atoms with van der Waals surface area (Å²) in [7, 11) is 3.35. The molecule has 3 unspecified atom stereocenters. The summed E-state index contributed by atoms with van der Waals surface area (Å²) in [4.78, 5) is 24.8. The zero-order valence-corrected chi connectivity index (χ0v) is 10.9. The Labute approximate surface area is 103 Å². The number of nitrogens with zero attached hydrogens (tertiary/aromatic N) is 1. The quantitative estimate of drug-likeness (QED) is 0.727. The van der Waals surface area contributed by atoms with Crippen LogP contribution in [0, 0.1) is 11.8 Å². The summed E-state index contributed by atoms with van der Waals surface area (Å²) in [6.07, 6.45) is 2.85. The smallest absolute Gasteiger partial charge is 0.241 e. The van der Waals surface area contributed by atoms with Crippen LogP contribution in [0.3, 0.4) is 0 Å². The van der Waals surface area contributed by atoms with Crippen molar-refractivity contribution in [3.8, 4) is 0 Å². The monoisotopic (exact) mass is 241 g/mol. The molecule has 1 rings (SSSR count). The lowest BCUT2D eigenvalue weighted by Gasteiger charge is -2.32. The highest BCUT2D eigenvalue weighted by molar-refractivity contribution is 5.85. The average Bonchev–Trinajstić information content (AvgIpc) is 2.29. The summed E-state index contributed by atoms with van der Waals surface area (Å²) in [6.45, 7) is 2.09. The van der Waals surface area contributed by atoms with Gasteiger partial charge in [-0.3, -0.25) is 9.59 Å². The Hall–Kier alpha value is -1.10. The van der Waals surface area contributed by atoms with Crippen LogP contribution < -0.4 is 11.1 Å². The van der Waals surface area contributed by atoms with Crippen LogP contribution in [0.15, 0.2) is 0 Å². The van der Waals surface area contributed by atoms with Crippen molar-refractivity contribution in [3.63, 3.8) is 0 Å². The number of likely N-dealkylation sites (N-methyl/N-ethyl adjacent to an activating group) is 1. The van der Waals surface area contributed by atoms with E-state index in [1.54, 1.807) is 14.1 Å². The number of amides is 2. The molecule has 17 heavy (non-hydrogen) atoms. The second kappa shape index (κ2) is 6.00. The molecule has 0 bridgehead atoms. The van der Waals surface area contributed by atoms with E-state index in [0.29, 0.717) is 0 Å². The number of nitrogens with two attached hydrogens (primary N) is 1. The molecule has 0 radical (unpaired) electrons. The Bertz CT molecular complexity index is 291. The number of hydrogen-bond acceptors (Lipinski definition) is 3. The van der Waals surface area contributed by atoms with Crippen molar-refractivity contribution in [3.05, 3.63) is 0 Å². The first-order valence-electron chi connectivity index (χ1n) is 6.17. The van der Waals surface area contributed by atoms with Crippen LogP contribution in [0.25, 0.3) is 0 Å². The van der Waals surface area contributed by atoms with Crippen molar-refractivity contribution in [1.29, 1.82) is 0 Å². The molecule has 0 aliphatic heterocycles. The second-order valence-corrected chi connectivity index (χ2v) is 5.07. The number of carbonyl (C=O) groups is 2. The molecule has 1 fully saturated rings. The van der Waals surface area contributed by atoms with Gasteiger partial charge in [0.1, 0.15) is 0 Å². The fourth-order valence-electron chi connectivity index (χ4n) is 2.22. The predicted octanol–water partition coefficient (Wildman–Crippen LogP) is -0.0457. The van der Waals surface area contributed by atoms with E-state index in [2.05, 4.69) is 5.32 Å². The fourth-order valence-corrected chi connectivity index (χ4v) is 2.22. The number of rotatable bonds is 3. The zero-order chi connectivity index (χ0) is 13.0. The van der Waals surface area contributed by atoms with E-state index in [9.17, 15) is 9.59 Å². The minimum absolute atomic E-state index is 0.0390. The molecule has 0 heterocycles. The molecule has 0 aromatic heterocycles. The van der Waals surface area contributed by atoms with E-state index in [-0.39, 0.29) is 36.2 Å². The van der Waals surface area contributed by atoms with Crippen LogP contribution in [0.2, 0.25) is 0 Å². The molecule has 0 saturated heterocycles. The number of nitrogens with one attached hydrogen (secondary N) is 1. The van der Waals surface area contributed by atoms with Gasteiger partial charge in [-0.15, -0.1) is 0 Å². The molecule has 2 amide bonds. The van der Waals surface area contributed by atoms with E-state index < -0.39 is 0 Å². The van der Waals surface area contributed by atoms with Crippen LogP contribution in [0.4, 0.5) is 0 Å². The first-order chi connectivity index (χ1) is 7.93. The van der Waals surface area contributed by atoms with Crippen LogP contribution >= 0.6 is 0 Å². The molecule has 1 saturated carbocycles. The Morgan fingerprint density at radius 2 is 2.00 bits per heavy atom. The molecular formula is C12H23N3O2. The van der Waals surface area contributed by atoms with Gasteiger partial charge >= 0.3 is 0 Å². The molecule has 1 aliphatic carbocycles. The van der Waals surface area contributed by atoms with E-state index in [1.165, 1.54) is 4.90 Å². The third-order valence-electron chi connectivity index (χ3n) is 3.61. The maximum absolute atomic E-state index is 11.9. The normalized spacial score (nSPS) is 28.6. The molecule has 0 aromatic carbocycles. The minimum Gasteiger partial charge on any atom is -0.347 e. The second-order valence-electron chi connectivity index (χ2n) is 5.07. The van der Waals surface area contributed by atoms with Crippen molar-refractivity contribution in [2.24, 2.45) is 17.6 Å². The van der Waals surface area contributed by atoms with Gasteiger partial charge in [-0.05, 0) is 18.8 Å². The SMILES string of the molecule is CC1C(N)CCCC1C(=O)NCC(=O)N(C)C. The first kappa shape index (κ1) is 14.0. The van der Waals surface area contributed by atoms with E-state index >= 15 is 0 Å². The maximum atomic E-state index is 11.9. The van der Waals surface area contributed by atoms with Gasteiger partial charge in [0.25, 0.3) is 0 Å². The van der Waals surface area contributed by atoms with Gasteiger partial charge in [0.2, 0.25) is 11.8 Å². The Kier molecular flexibility index (Phi) is 4.93. The molecule has 3 N–H and O–H groups in total. The van der Waals surface area contributed by atoms with Gasteiger partial charge in [0.15, 0.2) is 0 Å². The summed E-state index contributed by atoms with van der Waals surface area (Å²) in [5, 5.41) is 2.70. The van der Waals surface area contributed by atoms with Crippen LogP contribution in [-0.2, 0) is 9.59 Å². The highest BCUT2D eigenvalue weighted by Gasteiger charge is 2.32. The summed E-state index contributed by atoms with van der Waals surface area (Å²) in [5.41, 5.74) is 5.96. The van der Waals surface area contributed by atoms with Gasteiger partial charge in [-0.25, -0.2) is 0 Å². The molecule has 5 heteroatoms. The fraction of sp³-hybridized carbons (Fsp3) is 0.833. The lowest BCUT2D eigenvalue weighted by atomic mass is 9.77. The van der Waals surface area contributed by atoms with Crippen molar-refractivity contribution in [1.82, 2.24) is 10.2 Å². The van der Waals surface area contributed by atoms with Crippen molar-refractivity contribution < 1.29 is 9.59 Å². The minimum atomic E-state index is -0.0916. The molecule has 0 aromatic rings. The van der Waals surface area contributed by atoms with E-state index in [4.69, 9.17) is 5.73 Å². The van der Waals surface area contributed by atoms with Gasteiger partial charge < -0.3 is 16.0 Å². The number of carbonyl (C=O) groups excluding carboxylic acids is 2. The van der Waals surface area contributed by atoms with Gasteiger partial charge in [-0.2, -0.15) is 0 Å². The maximum Gasteiger partial charge on any atom is 0.241 e. The van der Waals surface area contributed by atoms with Crippen LogP contribution in [-0.4, -0.2) is 43.4 Å².